The first kappa shape index (κ1) is 14.6. The van der Waals surface area contributed by atoms with E-state index in [-0.39, 0.29) is 5.56 Å². The number of halogens is 1. The van der Waals surface area contributed by atoms with Crippen molar-refractivity contribution < 1.29 is 14.6 Å². The highest BCUT2D eigenvalue weighted by Gasteiger charge is 2.15. The van der Waals surface area contributed by atoms with Crippen molar-refractivity contribution in [1.29, 1.82) is 0 Å². The molecule has 0 radical (unpaired) electrons. The van der Waals surface area contributed by atoms with Gasteiger partial charge in [-0.25, -0.2) is 4.79 Å². The van der Waals surface area contributed by atoms with Crippen molar-refractivity contribution in [3.63, 3.8) is 0 Å². The summed E-state index contributed by atoms with van der Waals surface area (Å²) in [6, 6.07) is 12.6. The van der Waals surface area contributed by atoms with Crippen molar-refractivity contribution in [2.24, 2.45) is 0 Å². The summed E-state index contributed by atoms with van der Waals surface area (Å²) in [5.74, 6) is 0.319. The second-order valence-electron chi connectivity index (χ2n) is 4.74. The Morgan fingerprint density at radius 2 is 1.85 bits per heavy atom. The molecule has 0 heterocycles. The van der Waals surface area contributed by atoms with Crippen LogP contribution in [0, 0.1) is 0 Å². The van der Waals surface area contributed by atoms with Crippen LogP contribution in [0.3, 0.4) is 0 Å². The van der Waals surface area contributed by atoms with Crippen LogP contribution in [0.1, 0.15) is 35.7 Å². The first-order valence-corrected chi connectivity index (χ1v) is 7.08. The molecule has 0 saturated heterocycles. The summed E-state index contributed by atoms with van der Waals surface area (Å²) in [6.45, 7) is 4.14. The maximum Gasteiger partial charge on any atom is 0.339 e. The standard InChI is InChI=1S/C16H15BrO3/c1-10(2)12-5-3-4-6-14(12)20-15-8-7-11(17)9-13(15)16(18)19/h3-10H,1-2H3,(H,18,19). The zero-order valence-corrected chi connectivity index (χ0v) is 12.8. The third-order valence-electron chi connectivity index (χ3n) is 2.93. The van der Waals surface area contributed by atoms with Gasteiger partial charge in [0, 0.05) is 4.47 Å². The molecule has 1 N–H and O–H groups in total. The zero-order chi connectivity index (χ0) is 14.7. The van der Waals surface area contributed by atoms with E-state index in [1.807, 2.05) is 24.3 Å². The molecule has 4 heteroatoms. The van der Waals surface area contributed by atoms with Crippen LogP contribution in [0.2, 0.25) is 0 Å². The van der Waals surface area contributed by atoms with Crippen molar-refractivity contribution >= 4 is 21.9 Å². The molecule has 0 spiro atoms. The lowest BCUT2D eigenvalue weighted by Gasteiger charge is -2.15. The van der Waals surface area contributed by atoms with Crippen LogP contribution in [0.15, 0.2) is 46.9 Å². The minimum atomic E-state index is -1.01. The van der Waals surface area contributed by atoms with E-state index in [0.717, 1.165) is 5.56 Å². The summed E-state index contributed by atoms with van der Waals surface area (Å²) < 4.78 is 6.52. The summed E-state index contributed by atoms with van der Waals surface area (Å²) in [7, 11) is 0. The molecule has 0 aliphatic heterocycles. The quantitative estimate of drug-likeness (QED) is 0.849. The van der Waals surface area contributed by atoms with Gasteiger partial charge in [-0.1, -0.05) is 48.0 Å². The van der Waals surface area contributed by atoms with Gasteiger partial charge < -0.3 is 9.84 Å². The highest BCUT2D eigenvalue weighted by atomic mass is 79.9. The Morgan fingerprint density at radius 3 is 2.50 bits per heavy atom. The van der Waals surface area contributed by atoms with Crippen LogP contribution in [0.5, 0.6) is 11.5 Å². The number of hydrogen-bond acceptors (Lipinski definition) is 2. The van der Waals surface area contributed by atoms with Gasteiger partial charge in [0.1, 0.15) is 17.1 Å². The first-order chi connectivity index (χ1) is 9.49. The average Bonchev–Trinajstić information content (AvgIpc) is 2.41. The summed E-state index contributed by atoms with van der Waals surface area (Å²) in [6.07, 6.45) is 0. The fraction of sp³-hybridized carbons (Fsp3) is 0.188. The number of aromatic carboxylic acids is 1. The van der Waals surface area contributed by atoms with Crippen LogP contribution in [0.4, 0.5) is 0 Å². The molecule has 0 aliphatic rings. The van der Waals surface area contributed by atoms with E-state index in [1.165, 1.54) is 6.07 Å². The van der Waals surface area contributed by atoms with Gasteiger partial charge in [0.05, 0.1) is 0 Å². The highest BCUT2D eigenvalue weighted by Crippen LogP contribution is 2.33. The van der Waals surface area contributed by atoms with Crippen LogP contribution in [-0.2, 0) is 0 Å². The van der Waals surface area contributed by atoms with Crippen molar-refractivity contribution in [2.75, 3.05) is 0 Å². The maximum absolute atomic E-state index is 11.3. The van der Waals surface area contributed by atoms with Crippen LogP contribution in [0.25, 0.3) is 0 Å². The van der Waals surface area contributed by atoms with Gasteiger partial charge in [0.2, 0.25) is 0 Å². The smallest absolute Gasteiger partial charge is 0.339 e. The maximum atomic E-state index is 11.3. The van der Waals surface area contributed by atoms with E-state index in [2.05, 4.69) is 29.8 Å². The molecular formula is C16H15BrO3. The number of carboxylic acid groups (broad SMARTS) is 1. The second kappa shape index (κ2) is 6.09. The molecule has 0 amide bonds. The van der Waals surface area contributed by atoms with E-state index >= 15 is 0 Å². The monoisotopic (exact) mass is 334 g/mol. The van der Waals surface area contributed by atoms with Crippen LogP contribution in [-0.4, -0.2) is 11.1 Å². The van der Waals surface area contributed by atoms with E-state index < -0.39 is 5.97 Å². The summed E-state index contributed by atoms with van der Waals surface area (Å²) >= 11 is 3.27. The normalized spacial score (nSPS) is 10.6. The highest BCUT2D eigenvalue weighted by molar-refractivity contribution is 9.10. The van der Waals surface area contributed by atoms with E-state index in [9.17, 15) is 9.90 Å². The minimum Gasteiger partial charge on any atom is -0.478 e. The fourth-order valence-corrected chi connectivity index (χ4v) is 2.29. The zero-order valence-electron chi connectivity index (χ0n) is 11.3. The van der Waals surface area contributed by atoms with Gasteiger partial charge in [-0.3, -0.25) is 0 Å². The number of ether oxygens (including phenoxy) is 1. The summed E-state index contributed by atoms with van der Waals surface area (Å²) in [5.41, 5.74) is 1.18. The average molecular weight is 335 g/mol. The molecule has 0 aromatic heterocycles. The Hall–Kier alpha value is -1.81. The van der Waals surface area contributed by atoms with Gasteiger partial charge in [0.15, 0.2) is 0 Å². The van der Waals surface area contributed by atoms with E-state index in [0.29, 0.717) is 21.9 Å². The summed E-state index contributed by atoms with van der Waals surface area (Å²) in [5, 5.41) is 9.25. The third-order valence-corrected chi connectivity index (χ3v) is 3.43. The number of hydrogen-bond donors (Lipinski definition) is 1. The van der Waals surface area contributed by atoms with E-state index in [1.54, 1.807) is 12.1 Å². The molecule has 0 fully saturated rings. The van der Waals surface area contributed by atoms with Gasteiger partial charge in [0.25, 0.3) is 0 Å². The molecule has 0 atom stereocenters. The topological polar surface area (TPSA) is 46.5 Å². The molecule has 0 bridgehead atoms. The number of benzene rings is 2. The first-order valence-electron chi connectivity index (χ1n) is 6.28. The predicted octanol–water partition coefficient (Wildman–Crippen LogP) is 5.06. The molecule has 0 unspecified atom stereocenters. The molecule has 3 nitrogen and oxygen atoms in total. The van der Waals surface area contributed by atoms with E-state index in [4.69, 9.17) is 4.74 Å². The molecule has 0 aliphatic carbocycles. The lowest BCUT2D eigenvalue weighted by molar-refractivity contribution is 0.0694. The third kappa shape index (κ3) is 3.20. The van der Waals surface area contributed by atoms with Gasteiger partial charge in [-0.2, -0.15) is 0 Å². The Kier molecular flexibility index (Phi) is 4.45. The van der Waals surface area contributed by atoms with Crippen LogP contribution < -0.4 is 4.74 Å². The number of rotatable bonds is 4. The van der Waals surface area contributed by atoms with Crippen LogP contribution >= 0.6 is 15.9 Å². The molecule has 2 aromatic rings. The molecule has 2 rings (SSSR count). The predicted molar refractivity (Wildman–Crippen MR) is 81.7 cm³/mol. The van der Waals surface area contributed by atoms with Crippen molar-refractivity contribution in [3.8, 4) is 11.5 Å². The Labute approximate surface area is 126 Å². The van der Waals surface area contributed by atoms with Gasteiger partial charge in [-0.05, 0) is 35.7 Å². The second-order valence-corrected chi connectivity index (χ2v) is 5.66. The van der Waals surface area contributed by atoms with Crippen molar-refractivity contribution in [2.45, 2.75) is 19.8 Å². The molecule has 0 saturated carbocycles. The Bertz CT molecular complexity index is 635. The largest absolute Gasteiger partial charge is 0.478 e. The van der Waals surface area contributed by atoms with Crippen molar-refractivity contribution in [1.82, 2.24) is 0 Å². The minimum absolute atomic E-state index is 0.137. The number of carbonyl (C=O) groups is 1. The fourth-order valence-electron chi connectivity index (χ4n) is 1.93. The lowest BCUT2D eigenvalue weighted by atomic mass is 10.0. The Morgan fingerprint density at radius 1 is 1.15 bits per heavy atom. The molecule has 2 aromatic carbocycles. The van der Waals surface area contributed by atoms with Crippen molar-refractivity contribution in [3.05, 3.63) is 58.1 Å². The summed E-state index contributed by atoms with van der Waals surface area (Å²) in [4.78, 5) is 11.3. The molecular weight excluding hydrogens is 320 g/mol. The number of para-hydroxylation sites is 1. The molecule has 104 valence electrons. The Balaban J connectivity index is 2.43. The van der Waals surface area contributed by atoms with Gasteiger partial charge in [-0.15, -0.1) is 0 Å². The SMILES string of the molecule is CC(C)c1ccccc1Oc1ccc(Br)cc1C(=O)O. The molecule has 20 heavy (non-hydrogen) atoms. The lowest BCUT2D eigenvalue weighted by Crippen LogP contribution is -2.01. The van der Waals surface area contributed by atoms with Gasteiger partial charge >= 0.3 is 5.97 Å². The number of carboxylic acids is 1.